The number of ether oxygens (including phenoxy) is 2. The van der Waals surface area contributed by atoms with E-state index < -0.39 is 0 Å². The van der Waals surface area contributed by atoms with Crippen LogP contribution in [0.4, 0.5) is 0 Å². The molecule has 1 aliphatic rings. The molecule has 5 unspecified atom stereocenters. The molecule has 2 rings (SSSR count). The molecule has 112 valence electrons. The van der Waals surface area contributed by atoms with E-state index in [1.807, 2.05) is 13.0 Å². The van der Waals surface area contributed by atoms with Crippen LogP contribution in [0.25, 0.3) is 0 Å². The minimum Gasteiger partial charge on any atom is -0.496 e. The molecular formula is C16H22BrClO2. The van der Waals surface area contributed by atoms with Crippen LogP contribution in [0, 0.1) is 18.8 Å². The molecule has 4 heteroatoms. The lowest BCUT2D eigenvalue weighted by molar-refractivity contribution is 0.0507. The topological polar surface area (TPSA) is 18.5 Å². The second-order valence-corrected chi connectivity index (χ2v) is 7.05. The predicted molar refractivity (Wildman–Crippen MR) is 86.7 cm³/mol. The van der Waals surface area contributed by atoms with Crippen molar-refractivity contribution in [1.82, 2.24) is 0 Å². The summed E-state index contributed by atoms with van der Waals surface area (Å²) in [5.74, 6) is 1.57. The van der Waals surface area contributed by atoms with Gasteiger partial charge in [0.1, 0.15) is 5.75 Å². The largest absolute Gasteiger partial charge is 0.496 e. The summed E-state index contributed by atoms with van der Waals surface area (Å²) in [6.45, 7) is 8.48. The summed E-state index contributed by atoms with van der Waals surface area (Å²) in [4.78, 5) is 0. The fourth-order valence-electron chi connectivity index (χ4n) is 3.07. The van der Waals surface area contributed by atoms with Gasteiger partial charge in [-0.25, -0.2) is 0 Å². The molecule has 0 N–H and O–H groups in total. The van der Waals surface area contributed by atoms with Gasteiger partial charge in [-0.15, -0.1) is 11.6 Å². The highest BCUT2D eigenvalue weighted by Gasteiger charge is 2.42. The molecule has 0 bridgehead atoms. The first-order valence-corrected chi connectivity index (χ1v) is 8.23. The van der Waals surface area contributed by atoms with E-state index in [2.05, 4.69) is 42.8 Å². The van der Waals surface area contributed by atoms with E-state index >= 15 is 0 Å². The van der Waals surface area contributed by atoms with Crippen molar-refractivity contribution in [2.45, 2.75) is 45.3 Å². The van der Waals surface area contributed by atoms with Crippen molar-refractivity contribution in [2.75, 3.05) is 7.11 Å². The van der Waals surface area contributed by atoms with E-state index in [4.69, 9.17) is 21.1 Å². The molecule has 1 saturated heterocycles. The predicted octanol–water partition coefficient (Wildman–Crippen LogP) is 5.11. The molecule has 0 amide bonds. The standard InChI is InChI=1S/C16H22BrClO2/c1-8-6-14(19-5)12(7-13(8)17)16(18)15-9(2)10(3)20-11(15)4/h6-7,9-11,15-16H,1-5H3. The molecule has 5 atom stereocenters. The Labute approximate surface area is 134 Å². The molecule has 1 aromatic carbocycles. The highest BCUT2D eigenvalue weighted by molar-refractivity contribution is 9.10. The molecular weight excluding hydrogens is 340 g/mol. The highest BCUT2D eigenvalue weighted by atomic mass is 79.9. The fourth-order valence-corrected chi connectivity index (χ4v) is 4.03. The second-order valence-electron chi connectivity index (χ2n) is 5.73. The lowest BCUT2D eigenvalue weighted by Gasteiger charge is -2.26. The molecule has 0 radical (unpaired) electrons. The average molecular weight is 362 g/mol. The lowest BCUT2D eigenvalue weighted by Crippen LogP contribution is -2.22. The first kappa shape index (κ1) is 16.1. The summed E-state index contributed by atoms with van der Waals surface area (Å²) >= 11 is 10.4. The van der Waals surface area contributed by atoms with Gasteiger partial charge < -0.3 is 9.47 Å². The molecule has 1 heterocycles. The zero-order chi connectivity index (χ0) is 15.0. The number of halogens is 2. The summed E-state index contributed by atoms with van der Waals surface area (Å²) in [5.41, 5.74) is 2.18. The van der Waals surface area contributed by atoms with Crippen LogP contribution < -0.4 is 4.74 Å². The van der Waals surface area contributed by atoms with Crippen LogP contribution in [0.15, 0.2) is 16.6 Å². The Morgan fingerprint density at radius 3 is 2.40 bits per heavy atom. The normalized spacial score (nSPS) is 31.4. The highest BCUT2D eigenvalue weighted by Crippen LogP contribution is 2.47. The van der Waals surface area contributed by atoms with Crippen LogP contribution in [0.1, 0.15) is 37.3 Å². The van der Waals surface area contributed by atoms with Crippen LogP contribution in [-0.2, 0) is 4.74 Å². The van der Waals surface area contributed by atoms with Gasteiger partial charge in [0.25, 0.3) is 0 Å². The van der Waals surface area contributed by atoms with Crippen LogP contribution in [0.5, 0.6) is 5.75 Å². The molecule has 1 aromatic rings. The van der Waals surface area contributed by atoms with E-state index in [1.165, 1.54) is 0 Å². The Hall–Kier alpha value is -0.250. The van der Waals surface area contributed by atoms with Crippen molar-refractivity contribution in [3.8, 4) is 5.75 Å². The number of hydrogen-bond acceptors (Lipinski definition) is 2. The van der Waals surface area contributed by atoms with E-state index in [0.717, 1.165) is 21.3 Å². The zero-order valence-corrected chi connectivity index (χ0v) is 15.0. The van der Waals surface area contributed by atoms with E-state index in [9.17, 15) is 0 Å². The van der Waals surface area contributed by atoms with Crippen molar-refractivity contribution in [1.29, 1.82) is 0 Å². The van der Waals surface area contributed by atoms with Crippen LogP contribution in [0.3, 0.4) is 0 Å². The molecule has 1 fully saturated rings. The van der Waals surface area contributed by atoms with Crippen molar-refractivity contribution in [3.63, 3.8) is 0 Å². The summed E-state index contributed by atoms with van der Waals surface area (Å²) in [6.07, 6.45) is 0.406. The quantitative estimate of drug-likeness (QED) is 0.697. The van der Waals surface area contributed by atoms with Gasteiger partial charge in [-0.1, -0.05) is 22.9 Å². The van der Waals surface area contributed by atoms with Gasteiger partial charge in [-0.05, 0) is 44.4 Å². The Kier molecular flexibility index (Phi) is 5.04. The minimum atomic E-state index is -0.114. The molecule has 1 aliphatic heterocycles. The van der Waals surface area contributed by atoms with Gasteiger partial charge in [0.2, 0.25) is 0 Å². The molecule has 0 saturated carbocycles. The number of alkyl halides is 1. The van der Waals surface area contributed by atoms with Crippen molar-refractivity contribution >= 4 is 27.5 Å². The third kappa shape index (κ3) is 2.86. The number of methoxy groups -OCH3 is 1. The average Bonchev–Trinajstić information content (AvgIpc) is 2.65. The molecule has 0 aliphatic carbocycles. The minimum absolute atomic E-state index is 0.114. The Balaban J connectivity index is 2.38. The van der Waals surface area contributed by atoms with Crippen molar-refractivity contribution in [2.24, 2.45) is 11.8 Å². The first-order valence-electron chi connectivity index (χ1n) is 7.00. The first-order chi connectivity index (χ1) is 9.36. The summed E-state index contributed by atoms with van der Waals surface area (Å²) in [5, 5.41) is -0.114. The Morgan fingerprint density at radius 2 is 1.90 bits per heavy atom. The van der Waals surface area contributed by atoms with Gasteiger partial charge in [0.05, 0.1) is 24.7 Å². The van der Waals surface area contributed by atoms with Crippen LogP contribution >= 0.6 is 27.5 Å². The van der Waals surface area contributed by atoms with Gasteiger partial charge in [-0.2, -0.15) is 0 Å². The SMILES string of the molecule is COc1cc(C)c(Br)cc1C(Cl)C1C(C)OC(C)C1C. The smallest absolute Gasteiger partial charge is 0.123 e. The van der Waals surface area contributed by atoms with Gasteiger partial charge in [0, 0.05) is 16.0 Å². The Morgan fingerprint density at radius 1 is 1.25 bits per heavy atom. The maximum atomic E-state index is 6.79. The van der Waals surface area contributed by atoms with Crippen LogP contribution in [0.2, 0.25) is 0 Å². The maximum Gasteiger partial charge on any atom is 0.123 e. The number of hydrogen-bond donors (Lipinski definition) is 0. The molecule has 0 aromatic heterocycles. The summed E-state index contributed by atoms with van der Waals surface area (Å²) < 4.78 is 12.5. The summed E-state index contributed by atoms with van der Waals surface area (Å²) in [6, 6.07) is 4.11. The van der Waals surface area contributed by atoms with Crippen molar-refractivity contribution < 1.29 is 9.47 Å². The van der Waals surface area contributed by atoms with Gasteiger partial charge in [0.15, 0.2) is 0 Å². The molecule has 2 nitrogen and oxygen atoms in total. The second kappa shape index (κ2) is 6.25. The monoisotopic (exact) mass is 360 g/mol. The third-order valence-electron chi connectivity index (χ3n) is 4.46. The van der Waals surface area contributed by atoms with E-state index in [1.54, 1.807) is 7.11 Å². The molecule has 0 spiro atoms. The zero-order valence-electron chi connectivity index (χ0n) is 12.6. The maximum absolute atomic E-state index is 6.79. The van der Waals surface area contributed by atoms with Gasteiger partial charge in [-0.3, -0.25) is 0 Å². The Bertz CT molecular complexity index is 492. The van der Waals surface area contributed by atoms with E-state index in [0.29, 0.717) is 5.92 Å². The van der Waals surface area contributed by atoms with Gasteiger partial charge >= 0.3 is 0 Å². The van der Waals surface area contributed by atoms with Crippen molar-refractivity contribution in [3.05, 3.63) is 27.7 Å². The lowest BCUT2D eigenvalue weighted by atomic mass is 9.83. The number of benzene rings is 1. The fraction of sp³-hybridized carbons (Fsp3) is 0.625. The van der Waals surface area contributed by atoms with Crippen LogP contribution in [-0.4, -0.2) is 19.3 Å². The third-order valence-corrected chi connectivity index (χ3v) is 5.85. The summed E-state index contributed by atoms with van der Waals surface area (Å²) in [7, 11) is 1.69. The molecule has 20 heavy (non-hydrogen) atoms. The number of rotatable bonds is 3. The number of aryl methyl sites for hydroxylation is 1. The van der Waals surface area contributed by atoms with E-state index in [-0.39, 0.29) is 23.5 Å².